The number of carboxylic acids is 1. The smallest absolute Gasteiger partial charge is 0.319 e. The SMILES string of the molecule is CCC1CCCC(S(=O)C(Cc2ccccc2)C(=O)O)C1. The Balaban J connectivity index is 2.07. The van der Waals surface area contributed by atoms with Crippen LogP contribution in [0.1, 0.15) is 44.6 Å². The molecule has 1 aromatic carbocycles. The Bertz CT molecular complexity index is 486. The van der Waals surface area contributed by atoms with Gasteiger partial charge in [-0.3, -0.25) is 9.00 Å². The quantitative estimate of drug-likeness (QED) is 0.876. The van der Waals surface area contributed by atoms with Gasteiger partial charge in [-0.2, -0.15) is 0 Å². The number of hydrogen-bond acceptors (Lipinski definition) is 2. The number of hydrogen-bond donors (Lipinski definition) is 1. The van der Waals surface area contributed by atoms with E-state index in [0.29, 0.717) is 12.3 Å². The Kier molecular flexibility index (Phi) is 5.97. The van der Waals surface area contributed by atoms with Crippen LogP contribution in [0.25, 0.3) is 0 Å². The molecule has 1 N–H and O–H groups in total. The van der Waals surface area contributed by atoms with E-state index in [0.717, 1.165) is 31.2 Å². The summed E-state index contributed by atoms with van der Waals surface area (Å²) in [6.07, 6.45) is 5.55. The molecule has 2 rings (SSSR count). The van der Waals surface area contributed by atoms with E-state index in [-0.39, 0.29) is 5.25 Å². The molecule has 4 unspecified atom stereocenters. The minimum atomic E-state index is -1.30. The van der Waals surface area contributed by atoms with Crippen LogP contribution in [0.5, 0.6) is 0 Å². The lowest BCUT2D eigenvalue weighted by Gasteiger charge is -2.29. The lowest BCUT2D eigenvalue weighted by atomic mass is 9.87. The highest BCUT2D eigenvalue weighted by molar-refractivity contribution is 7.87. The van der Waals surface area contributed by atoms with E-state index >= 15 is 0 Å². The second kappa shape index (κ2) is 7.74. The molecule has 3 nitrogen and oxygen atoms in total. The van der Waals surface area contributed by atoms with Crippen molar-refractivity contribution >= 4 is 16.8 Å². The van der Waals surface area contributed by atoms with Gasteiger partial charge in [0.05, 0.1) is 0 Å². The van der Waals surface area contributed by atoms with E-state index in [1.807, 2.05) is 30.3 Å². The largest absolute Gasteiger partial charge is 0.480 e. The third kappa shape index (κ3) is 4.40. The number of aliphatic carboxylic acids is 1. The van der Waals surface area contributed by atoms with Crippen molar-refractivity contribution in [3.05, 3.63) is 35.9 Å². The molecule has 4 heteroatoms. The van der Waals surface area contributed by atoms with Gasteiger partial charge in [-0.25, -0.2) is 0 Å². The van der Waals surface area contributed by atoms with E-state index in [1.54, 1.807) is 0 Å². The van der Waals surface area contributed by atoms with E-state index in [2.05, 4.69) is 6.92 Å². The first-order valence-electron chi connectivity index (χ1n) is 7.78. The Morgan fingerprint density at radius 2 is 2.05 bits per heavy atom. The first kappa shape index (κ1) is 16.2. The van der Waals surface area contributed by atoms with Gasteiger partial charge in [-0.15, -0.1) is 0 Å². The van der Waals surface area contributed by atoms with Gasteiger partial charge >= 0.3 is 5.97 Å². The second-order valence-electron chi connectivity index (χ2n) is 5.91. The fraction of sp³-hybridized carbons (Fsp3) is 0.588. The van der Waals surface area contributed by atoms with Crippen molar-refractivity contribution in [2.75, 3.05) is 0 Å². The summed E-state index contributed by atoms with van der Waals surface area (Å²) in [5, 5.41) is 8.73. The van der Waals surface area contributed by atoms with Crippen LogP contribution >= 0.6 is 0 Å². The van der Waals surface area contributed by atoms with Gasteiger partial charge in [0, 0.05) is 16.0 Å². The van der Waals surface area contributed by atoms with Crippen LogP contribution in [0, 0.1) is 5.92 Å². The Hall–Kier alpha value is -1.16. The standard InChI is InChI=1S/C17H24O3S/c1-2-13-9-6-10-15(11-13)21(20)16(17(18)19)12-14-7-4-3-5-8-14/h3-5,7-8,13,15-16H,2,6,9-12H2,1H3,(H,18,19). The van der Waals surface area contributed by atoms with Gasteiger partial charge in [0.15, 0.2) is 0 Å². The van der Waals surface area contributed by atoms with Gasteiger partial charge < -0.3 is 5.11 Å². The van der Waals surface area contributed by atoms with E-state index in [4.69, 9.17) is 0 Å². The summed E-state index contributed by atoms with van der Waals surface area (Å²) in [7, 11) is -1.30. The Morgan fingerprint density at radius 3 is 2.67 bits per heavy atom. The summed E-state index contributed by atoms with van der Waals surface area (Å²) in [4.78, 5) is 11.5. The first-order valence-corrected chi connectivity index (χ1v) is 9.05. The van der Waals surface area contributed by atoms with Crippen LogP contribution in [0.3, 0.4) is 0 Å². The molecule has 1 fully saturated rings. The molecule has 4 atom stereocenters. The van der Waals surface area contributed by atoms with Gasteiger partial charge in [0.25, 0.3) is 0 Å². The predicted octanol–water partition coefficient (Wildman–Crippen LogP) is 3.40. The maximum Gasteiger partial charge on any atom is 0.319 e. The maximum atomic E-state index is 12.7. The van der Waals surface area contributed by atoms with E-state index in [1.165, 1.54) is 6.42 Å². The van der Waals surface area contributed by atoms with Crippen molar-refractivity contribution in [2.45, 2.75) is 55.9 Å². The normalized spacial score (nSPS) is 25.2. The molecule has 0 saturated heterocycles. The van der Waals surface area contributed by atoms with Crippen molar-refractivity contribution in [3.63, 3.8) is 0 Å². The molecular formula is C17H24O3S. The van der Waals surface area contributed by atoms with Gasteiger partial charge in [-0.05, 0) is 30.7 Å². The van der Waals surface area contributed by atoms with Crippen LogP contribution in [0.2, 0.25) is 0 Å². The highest BCUT2D eigenvalue weighted by Gasteiger charge is 2.33. The lowest BCUT2D eigenvalue weighted by Crippen LogP contribution is -2.36. The fourth-order valence-electron chi connectivity index (χ4n) is 3.15. The average Bonchev–Trinajstić information content (AvgIpc) is 2.52. The molecule has 0 heterocycles. The third-order valence-corrected chi connectivity index (χ3v) is 6.47. The van der Waals surface area contributed by atoms with Crippen LogP contribution in [-0.4, -0.2) is 25.8 Å². The molecular weight excluding hydrogens is 284 g/mol. The predicted molar refractivity (Wildman–Crippen MR) is 85.7 cm³/mol. The zero-order valence-electron chi connectivity index (χ0n) is 12.5. The molecule has 0 bridgehead atoms. The number of carbonyl (C=O) groups is 1. The summed E-state index contributed by atoms with van der Waals surface area (Å²) >= 11 is 0. The molecule has 1 aliphatic carbocycles. The molecule has 0 spiro atoms. The van der Waals surface area contributed by atoms with Crippen molar-refractivity contribution in [1.29, 1.82) is 0 Å². The minimum Gasteiger partial charge on any atom is -0.480 e. The number of carboxylic acid groups (broad SMARTS) is 1. The number of rotatable bonds is 6. The number of benzene rings is 1. The van der Waals surface area contributed by atoms with E-state index < -0.39 is 22.0 Å². The van der Waals surface area contributed by atoms with Crippen LogP contribution in [-0.2, 0) is 22.0 Å². The van der Waals surface area contributed by atoms with E-state index in [9.17, 15) is 14.1 Å². The molecule has 1 saturated carbocycles. The second-order valence-corrected chi connectivity index (χ2v) is 7.80. The third-order valence-electron chi connectivity index (χ3n) is 4.46. The highest BCUT2D eigenvalue weighted by atomic mass is 32.2. The molecule has 21 heavy (non-hydrogen) atoms. The topological polar surface area (TPSA) is 54.4 Å². The first-order chi connectivity index (χ1) is 10.1. The van der Waals surface area contributed by atoms with Crippen molar-refractivity contribution < 1.29 is 14.1 Å². The van der Waals surface area contributed by atoms with Gasteiger partial charge in [-0.1, -0.05) is 56.5 Å². The molecule has 0 radical (unpaired) electrons. The lowest BCUT2D eigenvalue weighted by molar-refractivity contribution is -0.136. The molecule has 0 aromatic heterocycles. The summed E-state index contributed by atoms with van der Waals surface area (Å²) in [6, 6.07) is 9.50. The van der Waals surface area contributed by atoms with Crippen molar-refractivity contribution in [3.8, 4) is 0 Å². The summed E-state index contributed by atoms with van der Waals surface area (Å²) in [5.74, 6) is -0.324. The van der Waals surface area contributed by atoms with Crippen LogP contribution in [0.15, 0.2) is 30.3 Å². The fourth-order valence-corrected chi connectivity index (χ4v) is 5.03. The zero-order chi connectivity index (χ0) is 15.2. The molecule has 116 valence electrons. The van der Waals surface area contributed by atoms with Crippen molar-refractivity contribution in [1.82, 2.24) is 0 Å². The molecule has 1 aromatic rings. The van der Waals surface area contributed by atoms with Crippen LogP contribution < -0.4 is 0 Å². The Morgan fingerprint density at radius 1 is 1.33 bits per heavy atom. The van der Waals surface area contributed by atoms with Gasteiger partial charge in [0.1, 0.15) is 5.25 Å². The maximum absolute atomic E-state index is 12.7. The average molecular weight is 308 g/mol. The molecule has 1 aliphatic rings. The molecule has 0 amide bonds. The zero-order valence-corrected chi connectivity index (χ0v) is 13.3. The van der Waals surface area contributed by atoms with Gasteiger partial charge in [0.2, 0.25) is 0 Å². The monoisotopic (exact) mass is 308 g/mol. The van der Waals surface area contributed by atoms with Crippen molar-refractivity contribution in [2.24, 2.45) is 5.92 Å². The Labute approximate surface area is 129 Å². The summed E-state index contributed by atoms with van der Waals surface area (Å²) in [6.45, 7) is 2.16. The molecule has 0 aliphatic heterocycles. The summed E-state index contributed by atoms with van der Waals surface area (Å²) in [5.41, 5.74) is 0.945. The van der Waals surface area contributed by atoms with Crippen LogP contribution in [0.4, 0.5) is 0 Å². The highest BCUT2D eigenvalue weighted by Crippen LogP contribution is 2.31. The summed E-state index contributed by atoms with van der Waals surface area (Å²) < 4.78 is 12.7. The minimum absolute atomic E-state index is 0.0495.